The van der Waals surface area contributed by atoms with Crippen molar-refractivity contribution in [2.75, 3.05) is 18.5 Å². The SMILES string of the molecule is C#C.CC#N.O=c1[nH]ccc2c1c(Nc1ccccc1)nn2[C@@H]1CCCOC1. The van der Waals surface area contributed by atoms with Crippen LogP contribution in [0.15, 0.2) is 47.4 Å². The number of para-hydroxylation sites is 1. The molecule has 28 heavy (non-hydrogen) atoms. The quantitative estimate of drug-likeness (QED) is 0.680. The van der Waals surface area contributed by atoms with Crippen LogP contribution in [0.3, 0.4) is 0 Å². The number of aromatic nitrogens is 3. The Balaban J connectivity index is 0.000000514. The summed E-state index contributed by atoms with van der Waals surface area (Å²) >= 11 is 0. The minimum absolute atomic E-state index is 0.135. The molecule has 0 unspecified atom stereocenters. The van der Waals surface area contributed by atoms with Crippen molar-refractivity contribution in [2.24, 2.45) is 0 Å². The minimum atomic E-state index is -0.135. The van der Waals surface area contributed by atoms with E-state index in [9.17, 15) is 4.79 Å². The average Bonchev–Trinajstić information content (AvgIpc) is 3.11. The van der Waals surface area contributed by atoms with Crippen LogP contribution in [0.4, 0.5) is 11.5 Å². The number of H-pyrrole nitrogens is 1. The van der Waals surface area contributed by atoms with Crippen LogP contribution in [0, 0.1) is 24.2 Å². The van der Waals surface area contributed by atoms with Crippen molar-refractivity contribution in [2.45, 2.75) is 25.8 Å². The van der Waals surface area contributed by atoms with Crippen molar-refractivity contribution in [3.63, 3.8) is 0 Å². The highest BCUT2D eigenvalue weighted by Gasteiger charge is 2.22. The van der Waals surface area contributed by atoms with Gasteiger partial charge in [-0.1, -0.05) is 18.2 Å². The third kappa shape index (κ3) is 4.79. The molecule has 2 aromatic heterocycles. The third-order valence-corrected chi connectivity index (χ3v) is 4.15. The van der Waals surface area contributed by atoms with Crippen LogP contribution in [-0.2, 0) is 4.74 Å². The maximum absolute atomic E-state index is 12.3. The largest absolute Gasteiger partial charge is 0.379 e. The number of nitrogens with zero attached hydrogens (tertiary/aromatic N) is 3. The molecule has 2 N–H and O–H groups in total. The van der Waals surface area contributed by atoms with E-state index < -0.39 is 0 Å². The zero-order chi connectivity index (χ0) is 20.4. The first-order valence-corrected chi connectivity index (χ1v) is 8.88. The summed E-state index contributed by atoms with van der Waals surface area (Å²) in [5.41, 5.74) is 1.61. The summed E-state index contributed by atoms with van der Waals surface area (Å²) in [6, 6.07) is 13.6. The average molecular weight is 377 g/mol. The monoisotopic (exact) mass is 377 g/mol. The Bertz CT molecular complexity index is 992. The fourth-order valence-corrected chi connectivity index (χ4v) is 3.04. The van der Waals surface area contributed by atoms with Crippen LogP contribution in [0.1, 0.15) is 25.8 Å². The van der Waals surface area contributed by atoms with E-state index in [-0.39, 0.29) is 11.6 Å². The number of pyridine rings is 1. The number of nitrogens with one attached hydrogen (secondary N) is 2. The maximum atomic E-state index is 12.3. The Morgan fingerprint density at radius 1 is 1.32 bits per heavy atom. The maximum Gasteiger partial charge on any atom is 0.261 e. The summed E-state index contributed by atoms with van der Waals surface area (Å²) < 4.78 is 7.50. The molecule has 0 radical (unpaired) electrons. The lowest BCUT2D eigenvalue weighted by atomic mass is 10.1. The Labute approximate surface area is 164 Å². The van der Waals surface area contributed by atoms with Gasteiger partial charge >= 0.3 is 0 Å². The van der Waals surface area contributed by atoms with E-state index >= 15 is 0 Å². The van der Waals surface area contributed by atoms with Gasteiger partial charge in [-0.25, -0.2) is 0 Å². The van der Waals surface area contributed by atoms with Gasteiger partial charge in [0.05, 0.1) is 24.2 Å². The fraction of sp³-hybridized carbons (Fsp3) is 0.286. The molecule has 1 fully saturated rings. The van der Waals surface area contributed by atoms with Crippen molar-refractivity contribution in [1.82, 2.24) is 14.8 Å². The molecular weight excluding hydrogens is 354 g/mol. The number of ether oxygens (including phenoxy) is 1. The lowest BCUT2D eigenvalue weighted by molar-refractivity contribution is 0.0566. The van der Waals surface area contributed by atoms with Crippen molar-refractivity contribution in [1.29, 1.82) is 5.26 Å². The molecule has 0 amide bonds. The van der Waals surface area contributed by atoms with Gasteiger partial charge < -0.3 is 15.0 Å². The summed E-state index contributed by atoms with van der Waals surface area (Å²) in [6.45, 7) is 2.86. The highest BCUT2D eigenvalue weighted by molar-refractivity contribution is 5.91. The van der Waals surface area contributed by atoms with Crippen molar-refractivity contribution < 1.29 is 4.74 Å². The standard InChI is InChI=1S/C17H18N4O2.C2H3N.C2H2/c22-17-15-14(8-9-18-17)21(13-7-4-10-23-11-13)20-16(15)19-12-5-2-1-3-6-12;1-2-3;1-2/h1-3,5-6,8-9,13H,4,7,10-11H2,(H,18,22)(H,19,20);1H3;1-2H/t13-;;/m1../s1. The van der Waals surface area contributed by atoms with E-state index in [2.05, 4.69) is 28.2 Å². The lowest BCUT2D eigenvalue weighted by Gasteiger charge is -2.23. The molecule has 1 aliphatic rings. The number of benzene rings is 1. The first kappa shape index (κ1) is 20.8. The molecule has 0 spiro atoms. The molecule has 0 saturated carbocycles. The smallest absolute Gasteiger partial charge is 0.261 e. The van der Waals surface area contributed by atoms with E-state index in [1.165, 1.54) is 6.92 Å². The normalized spacial score (nSPS) is 15.3. The van der Waals surface area contributed by atoms with Crippen molar-refractivity contribution >= 4 is 22.4 Å². The van der Waals surface area contributed by atoms with E-state index in [0.29, 0.717) is 17.8 Å². The van der Waals surface area contributed by atoms with Crippen LogP contribution >= 0.6 is 0 Å². The molecule has 0 bridgehead atoms. The number of nitriles is 1. The van der Waals surface area contributed by atoms with Gasteiger partial charge in [0.2, 0.25) is 0 Å². The van der Waals surface area contributed by atoms with Gasteiger partial charge in [-0.2, -0.15) is 10.4 Å². The Kier molecular flexibility index (Phi) is 7.83. The molecule has 3 heterocycles. The first-order chi connectivity index (χ1) is 13.7. The van der Waals surface area contributed by atoms with Crippen LogP contribution in [0.5, 0.6) is 0 Å². The first-order valence-electron chi connectivity index (χ1n) is 8.88. The molecule has 7 heteroatoms. The van der Waals surface area contributed by atoms with Gasteiger partial charge in [0.25, 0.3) is 5.56 Å². The number of fused-ring (bicyclic) bond motifs is 1. The second-order valence-corrected chi connectivity index (χ2v) is 5.95. The number of hydrogen-bond donors (Lipinski definition) is 2. The van der Waals surface area contributed by atoms with E-state index in [1.807, 2.05) is 41.1 Å². The molecule has 1 aromatic carbocycles. The number of aromatic amines is 1. The summed E-state index contributed by atoms with van der Waals surface area (Å²) in [4.78, 5) is 15.0. The highest BCUT2D eigenvalue weighted by Crippen LogP contribution is 2.28. The molecule has 3 aromatic rings. The van der Waals surface area contributed by atoms with Crippen molar-refractivity contribution in [3.05, 3.63) is 52.9 Å². The fourth-order valence-electron chi connectivity index (χ4n) is 3.04. The van der Waals surface area contributed by atoms with E-state index in [4.69, 9.17) is 10.00 Å². The predicted octanol–water partition coefficient (Wildman–Crippen LogP) is 3.60. The van der Waals surface area contributed by atoms with Crippen LogP contribution in [0.25, 0.3) is 10.9 Å². The molecule has 4 rings (SSSR count). The molecule has 1 aliphatic heterocycles. The molecular formula is C21H23N5O2. The van der Waals surface area contributed by atoms with Gasteiger partial charge in [-0.05, 0) is 31.0 Å². The number of rotatable bonds is 3. The summed E-state index contributed by atoms with van der Waals surface area (Å²) in [7, 11) is 0. The summed E-state index contributed by atoms with van der Waals surface area (Å²) in [5.74, 6) is 0.582. The van der Waals surface area contributed by atoms with Gasteiger partial charge in [0, 0.05) is 25.4 Å². The topological polar surface area (TPSA) is 95.7 Å². The summed E-state index contributed by atoms with van der Waals surface area (Å²) in [5, 5.41) is 15.8. The highest BCUT2D eigenvalue weighted by atomic mass is 16.5. The van der Waals surface area contributed by atoms with Crippen molar-refractivity contribution in [3.8, 4) is 18.9 Å². The molecule has 144 valence electrons. The van der Waals surface area contributed by atoms with Gasteiger partial charge in [-0.3, -0.25) is 9.48 Å². The van der Waals surface area contributed by atoms with Crippen LogP contribution in [-0.4, -0.2) is 28.0 Å². The van der Waals surface area contributed by atoms with Crippen LogP contribution in [0.2, 0.25) is 0 Å². The van der Waals surface area contributed by atoms with Gasteiger partial charge in [0.15, 0.2) is 5.82 Å². The molecule has 7 nitrogen and oxygen atoms in total. The lowest BCUT2D eigenvalue weighted by Crippen LogP contribution is -2.22. The Morgan fingerprint density at radius 2 is 2.04 bits per heavy atom. The minimum Gasteiger partial charge on any atom is -0.379 e. The van der Waals surface area contributed by atoms with E-state index in [1.54, 1.807) is 12.3 Å². The Morgan fingerprint density at radius 3 is 2.68 bits per heavy atom. The number of terminal acetylenes is 1. The van der Waals surface area contributed by atoms with E-state index in [0.717, 1.165) is 30.7 Å². The second-order valence-electron chi connectivity index (χ2n) is 5.95. The molecule has 0 aliphatic carbocycles. The van der Waals surface area contributed by atoms with Gasteiger partial charge in [-0.15, -0.1) is 12.8 Å². The predicted molar refractivity (Wildman–Crippen MR) is 110 cm³/mol. The number of hydrogen-bond acceptors (Lipinski definition) is 5. The van der Waals surface area contributed by atoms with Gasteiger partial charge in [0.1, 0.15) is 5.39 Å². The zero-order valence-corrected chi connectivity index (χ0v) is 15.8. The zero-order valence-electron chi connectivity index (χ0n) is 15.8. The molecule has 1 saturated heterocycles. The summed E-state index contributed by atoms with van der Waals surface area (Å²) in [6.07, 6.45) is 11.7. The third-order valence-electron chi connectivity index (χ3n) is 4.15. The Hall–Kier alpha value is -3.55. The number of anilines is 2. The second kappa shape index (κ2) is 10.6. The van der Waals surface area contributed by atoms with Crippen LogP contribution < -0.4 is 10.9 Å². The molecule has 1 atom stereocenters.